The number of aryl methyl sites for hydroxylation is 4. The molecule has 1 aromatic heterocycles. The zero-order chi connectivity index (χ0) is 25.2. The van der Waals surface area contributed by atoms with Crippen LogP contribution in [0.15, 0.2) is 24.3 Å². The Hall–Kier alpha value is -3.39. The summed E-state index contributed by atoms with van der Waals surface area (Å²) in [5.41, 5.74) is 4.95. The molecule has 2 aromatic carbocycles. The molecule has 1 atom stereocenters. The molecule has 7 nitrogen and oxygen atoms in total. The van der Waals surface area contributed by atoms with Crippen LogP contribution in [0.25, 0.3) is 10.1 Å². The molecule has 0 aliphatic carbocycles. The van der Waals surface area contributed by atoms with Gasteiger partial charge in [-0.3, -0.25) is 9.59 Å². The smallest absolute Gasteiger partial charge is 0.341 e. The molecule has 8 heteroatoms. The number of benzene rings is 2. The van der Waals surface area contributed by atoms with Gasteiger partial charge in [-0.15, -0.1) is 11.3 Å². The molecule has 2 N–H and O–H groups in total. The van der Waals surface area contributed by atoms with Crippen molar-refractivity contribution in [2.75, 3.05) is 17.2 Å². The van der Waals surface area contributed by atoms with Gasteiger partial charge in [-0.1, -0.05) is 29.8 Å². The average molecular weight is 483 g/mol. The summed E-state index contributed by atoms with van der Waals surface area (Å²) in [5, 5.41) is 6.69. The van der Waals surface area contributed by atoms with Gasteiger partial charge < -0.3 is 20.1 Å². The maximum atomic E-state index is 13.0. The van der Waals surface area contributed by atoms with E-state index in [-0.39, 0.29) is 24.0 Å². The molecule has 0 aliphatic heterocycles. The van der Waals surface area contributed by atoms with Gasteiger partial charge in [0.1, 0.15) is 16.3 Å². The van der Waals surface area contributed by atoms with Crippen molar-refractivity contribution >= 4 is 49.9 Å². The molecule has 0 aliphatic rings. The number of rotatable bonds is 7. The highest BCUT2D eigenvalue weighted by Gasteiger charge is 2.26. The number of anilines is 2. The zero-order valence-electron chi connectivity index (χ0n) is 20.5. The topological polar surface area (TPSA) is 93.7 Å². The minimum Gasteiger partial charge on any atom is -0.479 e. The van der Waals surface area contributed by atoms with Gasteiger partial charge in [0.05, 0.1) is 11.3 Å². The van der Waals surface area contributed by atoms with Crippen molar-refractivity contribution in [3.63, 3.8) is 0 Å². The monoisotopic (exact) mass is 482 g/mol. The Labute approximate surface area is 203 Å². The largest absolute Gasteiger partial charge is 0.479 e. The summed E-state index contributed by atoms with van der Waals surface area (Å²) in [7, 11) is 0. The lowest BCUT2D eigenvalue weighted by molar-refractivity contribution is -0.122. The SMILES string of the molecule is CCOC(=O)c1c(NC(C)=O)sc2c(OC(C)C(=O)Nc3c(C)cc(C)cc3C)c(C)ccc12. The molecule has 34 heavy (non-hydrogen) atoms. The second-order valence-electron chi connectivity index (χ2n) is 8.32. The Bertz CT molecular complexity index is 1250. The van der Waals surface area contributed by atoms with Crippen LogP contribution in [0.2, 0.25) is 0 Å². The molecule has 3 aromatic rings. The summed E-state index contributed by atoms with van der Waals surface area (Å²) >= 11 is 1.22. The quantitative estimate of drug-likeness (QED) is 0.423. The summed E-state index contributed by atoms with van der Waals surface area (Å²) in [6.07, 6.45) is -0.804. The van der Waals surface area contributed by atoms with E-state index in [2.05, 4.69) is 10.6 Å². The van der Waals surface area contributed by atoms with Crippen molar-refractivity contribution in [3.8, 4) is 5.75 Å². The molecular formula is C26H30N2O5S. The Balaban J connectivity index is 1.97. The van der Waals surface area contributed by atoms with Crippen molar-refractivity contribution in [1.29, 1.82) is 0 Å². The number of esters is 1. The predicted octanol–water partition coefficient (Wildman–Crippen LogP) is 5.68. The summed E-state index contributed by atoms with van der Waals surface area (Å²) in [6.45, 7) is 12.8. The number of fused-ring (bicyclic) bond motifs is 1. The molecule has 0 bridgehead atoms. The van der Waals surface area contributed by atoms with Crippen molar-refractivity contribution in [2.24, 2.45) is 0 Å². The highest BCUT2D eigenvalue weighted by molar-refractivity contribution is 7.24. The molecular weight excluding hydrogens is 452 g/mol. The van der Waals surface area contributed by atoms with Crippen LogP contribution in [0.5, 0.6) is 5.75 Å². The van der Waals surface area contributed by atoms with E-state index < -0.39 is 12.1 Å². The first-order valence-electron chi connectivity index (χ1n) is 11.1. The minimum absolute atomic E-state index is 0.208. The van der Waals surface area contributed by atoms with Gasteiger partial charge in [-0.05, 0) is 58.2 Å². The van der Waals surface area contributed by atoms with Crippen LogP contribution in [0.1, 0.15) is 53.4 Å². The lowest BCUT2D eigenvalue weighted by atomic mass is 10.0. The first-order valence-corrected chi connectivity index (χ1v) is 11.9. The Kier molecular flexibility index (Phi) is 7.61. The van der Waals surface area contributed by atoms with E-state index >= 15 is 0 Å². The molecule has 1 unspecified atom stereocenters. The average Bonchev–Trinajstić information content (AvgIpc) is 3.10. The molecule has 180 valence electrons. The Morgan fingerprint density at radius 2 is 1.65 bits per heavy atom. The number of hydrogen-bond acceptors (Lipinski definition) is 6. The number of nitrogens with one attached hydrogen (secondary N) is 2. The number of thiophene rings is 1. The van der Waals surface area contributed by atoms with Gasteiger partial charge in [0.2, 0.25) is 5.91 Å². The zero-order valence-corrected chi connectivity index (χ0v) is 21.4. The van der Waals surface area contributed by atoms with Crippen molar-refractivity contribution in [3.05, 3.63) is 52.1 Å². The fourth-order valence-electron chi connectivity index (χ4n) is 3.87. The van der Waals surface area contributed by atoms with Gasteiger partial charge in [0.25, 0.3) is 5.91 Å². The van der Waals surface area contributed by atoms with Gasteiger partial charge in [-0.2, -0.15) is 0 Å². The molecule has 0 spiro atoms. The highest BCUT2D eigenvalue weighted by Crippen LogP contribution is 2.43. The molecule has 0 radical (unpaired) electrons. The lowest BCUT2D eigenvalue weighted by Crippen LogP contribution is -2.31. The third kappa shape index (κ3) is 5.22. The number of carbonyl (C=O) groups excluding carboxylic acids is 3. The molecule has 0 saturated heterocycles. The van der Waals surface area contributed by atoms with Gasteiger partial charge >= 0.3 is 5.97 Å². The normalized spacial score (nSPS) is 11.7. The van der Waals surface area contributed by atoms with Crippen LogP contribution in [-0.4, -0.2) is 30.5 Å². The number of hydrogen-bond donors (Lipinski definition) is 2. The first kappa shape index (κ1) is 25.2. The van der Waals surface area contributed by atoms with Crippen LogP contribution < -0.4 is 15.4 Å². The van der Waals surface area contributed by atoms with Crippen LogP contribution in [0.3, 0.4) is 0 Å². The minimum atomic E-state index is -0.804. The fourth-order valence-corrected chi connectivity index (χ4v) is 5.14. The van der Waals surface area contributed by atoms with E-state index in [1.165, 1.54) is 18.3 Å². The molecule has 2 amide bonds. The predicted molar refractivity (Wildman–Crippen MR) is 136 cm³/mol. The number of carbonyl (C=O) groups is 3. The molecule has 0 fully saturated rings. The van der Waals surface area contributed by atoms with E-state index in [9.17, 15) is 14.4 Å². The van der Waals surface area contributed by atoms with Crippen LogP contribution in [0, 0.1) is 27.7 Å². The van der Waals surface area contributed by atoms with Crippen molar-refractivity contribution in [1.82, 2.24) is 0 Å². The fraction of sp³-hybridized carbons (Fsp3) is 0.346. The van der Waals surface area contributed by atoms with Crippen LogP contribution in [0.4, 0.5) is 10.7 Å². The van der Waals surface area contributed by atoms with Gasteiger partial charge in [-0.25, -0.2) is 4.79 Å². The summed E-state index contributed by atoms with van der Waals surface area (Å²) < 4.78 is 12.0. The van der Waals surface area contributed by atoms with E-state index in [0.717, 1.165) is 27.9 Å². The van der Waals surface area contributed by atoms with E-state index in [4.69, 9.17) is 9.47 Å². The van der Waals surface area contributed by atoms with Crippen molar-refractivity contribution < 1.29 is 23.9 Å². The number of amides is 2. The molecule has 3 rings (SSSR count). The Morgan fingerprint density at radius 3 is 2.24 bits per heavy atom. The third-order valence-electron chi connectivity index (χ3n) is 5.37. The van der Waals surface area contributed by atoms with E-state index in [0.29, 0.717) is 20.8 Å². The first-order chi connectivity index (χ1) is 16.0. The van der Waals surface area contributed by atoms with E-state index in [1.54, 1.807) is 19.9 Å². The Morgan fingerprint density at radius 1 is 1.00 bits per heavy atom. The second kappa shape index (κ2) is 10.3. The summed E-state index contributed by atoms with van der Waals surface area (Å²) in [5.74, 6) is -0.614. The molecule has 1 heterocycles. The third-order valence-corrected chi connectivity index (χ3v) is 6.49. The summed E-state index contributed by atoms with van der Waals surface area (Å²) in [4.78, 5) is 37.4. The maximum absolute atomic E-state index is 13.0. The van der Waals surface area contributed by atoms with Gasteiger partial charge in [0.15, 0.2) is 6.10 Å². The van der Waals surface area contributed by atoms with Crippen molar-refractivity contribution in [2.45, 2.75) is 54.6 Å². The van der Waals surface area contributed by atoms with Crippen LogP contribution in [-0.2, 0) is 14.3 Å². The highest BCUT2D eigenvalue weighted by atomic mass is 32.1. The summed E-state index contributed by atoms with van der Waals surface area (Å²) in [6, 6.07) is 7.66. The van der Waals surface area contributed by atoms with E-state index in [1.807, 2.05) is 45.9 Å². The standard InChI is InChI=1S/C26H30N2O5S/c1-8-32-26(31)20-19-10-9-14(3)22(23(19)34-25(20)27-18(7)29)33-17(6)24(30)28-21-15(4)11-13(2)12-16(21)5/h9-12,17H,8H2,1-7H3,(H,27,29)(H,28,30). The maximum Gasteiger partial charge on any atom is 0.341 e. The second-order valence-corrected chi connectivity index (χ2v) is 9.34. The van der Waals surface area contributed by atoms with Crippen LogP contribution >= 0.6 is 11.3 Å². The van der Waals surface area contributed by atoms with Gasteiger partial charge in [0, 0.05) is 18.0 Å². The number of ether oxygens (including phenoxy) is 2. The lowest BCUT2D eigenvalue weighted by Gasteiger charge is -2.19. The molecule has 0 saturated carbocycles.